The van der Waals surface area contributed by atoms with Crippen LogP contribution in [0, 0.1) is 0 Å². The minimum Gasteiger partial charge on any atom is -0.478 e. The van der Waals surface area contributed by atoms with Gasteiger partial charge in [0, 0.05) is 0 Å². The van der Waals surface area contributed by atoms with E-state index in [-0.39, 0.29) is 26.7 Å². The fourth-order valence-electron chi connectivity index (χ4n) is 1.99. The number of sulfonamides is 1. The van der Waals surface area contributed by atoms with Crippen LogP contribution in [-0.2, 0) is 10.0 Å². The number of hydrogen-bond donors (Lipinski definition) is 2. The normalized spacial score (nSPS) is 11.5. The van der Waals surface area contributed by atoms with Gasteiger partial charge in [-0.05, 0) is 24.3 Å². The van der Waals surface area contributed by atoms with Gasteiger partial charge in [-0.1, -0.05) is 23.7 Å². The lowest BCUT2D eigenvalue weighted by atomic mass is 10.2. The molecule has 0 fully saturated rings. The molecular weight excluding hydrogens is 362 g/mol. The number of fused-ring (bicyclic) bond motifs is 1. The molecule has 0 aliphatic rings. The van der Waals surface area contributed by atoms with E-state index in [0.29, 0.717) is 5.52 Å². The van der Waals surface area contributed by atoms with Crippen LogP contribution < -0.4 is 4.72 Å². The lowest BCUT2D eigenvalue weighted by Gasteiger charge is -2.12. The molecule has 0 aliphatic heterocycles. The van der Waals surface area contributed by atoms with Crippen molar-refractivity contribution in [2.24, 2.45) is 0 Å². The van der Waals surface area contributed by atoms with Gasteiger partial charge in [0.1, 0.15) is 15.9 Å². The topological polar surface area (TPSA) is 109 Å². The van der Waals surface area contributed by atoms with Crippen LogP contribution in [0.25, 0.3) is 11.0 Å². The van der Waals surface area contributed by atoms with Crippen LogP contribution >= 0.6 is 23.3 Å². The molecule has 0 saturated heterocycles. The van der Waals surface area contributed by atoms with Crippen LogP contribution in [0.2, 0.25) is 5.02 Å². The van der Waals surface area contributed by atoms with Crippen LogP contribution in [-0.4, -0.2) is 28.2 Å². The number of aromatic carboxylic acids is 1. The molecule has 1 aromatic heterocycles. The van der Waals surface area contributed by atoms with Crippen LogP contribution in [0.5, 0.6) is 0 Å². The maximum absolute atomic E-state index is 12.6. The monoisotopic (exact) mass is 369 g/mol. The minimum absolute atomic E-state index is 0.0166. The Bertz CT molecular complexity index is 1020. The van der Waals surface area contributed by atoms with E-state index in [4.69, 9.17) is 11.6 Å². The van der Waals surface area contributed by atoms with Crippen LogP contribution in [0.3, 0.4) is 0 Å². The summed E-state index contributed by atoms with van der Waals surface area (Å²) in [6, 6.07) is 8.62. The van der Waals surface area contributed by atoms with E-state index in [1.807, 2.05) is 0 Å². The second kappa shape index (κ2) is 5.76. The van der Waals surface area contributed by atoms with Crippen molar-refractivity contribution in [3.05, 3.63) is 47.0 Å². The van der Waals surface area contributed by atoms with Gasteiger partial charge in [0.15, 0.2) is 0 Å². The van der Waals surface area contributed by atoms with Gasteiger partial charge in [-0.15, -0.1) is 0 Å². The number of carbonyl (C=O) groups is 1. The third-order valence-corrected chi connectivity index (χ3v) is 5.26. The van der Waals surface area contributed by atoms with E-state index in [0.717, 1.165) is 11.7 Å². The first-order valence-electron chi connectivity index (χ1n) is 6.16. The van der Waals surface area contributed by atoms with E-state index < -0.39 is 16.0 Å². The first kappa shape index (κ1) is 15.7. The Kier molecular flexibility index (Phi) is 3.92. The third-order valence-electron chi connectivity index (χ3n) is 3.02. The van der Waals surface area contributed by atoms with Gasteiger partial charge in [0.05, 0.1) is 28.0 Å². The average Bonchev–Trinajstić information content (AvgIpc) is 2.97. The van der Waals surface area contributed by atoms with Gasteiger partial charge in [0.25, 0.3) is 10.0 Å². The summed E-state index contributed by atoms with van der Waals surface area (Å²) in [5, 5.41) is 9.17. The zero-order valence-electron chi connectivity index (χ0n) is 11.2. The maximum Gasteiger partial charge on any atom is 0.337 e. The third kappa shape index (κ3) is 2.85. The molecule has 118 valence electrons. The van der Waals surface area contributed by atoms with Crippen LogP contribution in [0.15, 0.2) is 41.3 Å². The highest BCUT2D eigenvalue weighted by Crippen LogP contribution is 2.30. The molecule has 3 aromatic rings. The molecule has 0 radical (unpaired) electrons. The van der Waals surface area contributed by atoms with E-state index in [1.54, 1.807) is 6.07 Å². The number of benzene rings is 2. The molecule has 0 atom stereocenters. The summed E-state index contributed by atoms with van der Waals surface area (Å²) < 4.78 is 35.4. The number of carboxylic acid groups (broad SMARTS) is 1. The number of halogens is 1. The molecule has 0 unspecified atom stereocenters. The van der Waals surface area contributed by atoms with E-state index in [2.05, 4.69) is 13.5 Å². The SMILES string of the molecule is O=C(O)c1cccc(Cl)c1NS(=O)(=O)c1cccc2nsnc12. The Hall–Kier alpha value is -2.23. The highest BCUT2D eigenvalue weighted by molar-refractivity contribution is 7.93. The van der Waals surface area contributed by atoms with Crippen molar-refractivity contribution in [3.8, 4) is 0 Å². The molecule has 0 saturated carbocycles. The van der Waals surface area contributed by atoms with Crippen molar-refractivity contribution in [3.63, 3.8) is 0 Å². The molecule has 2 N–H and O–H groups in total. The second-order valence-corrected chi connectivity index (χ2v) is 7.05. The van der Waals surface area contributed by atoms with Gasteiger partial charge in [-0.3, -0.25) is 4.72 Å². The summed E-state index contributed by atoms with van der Waals surface area (Å²) in [6.07, 6.45) is 0. The number of anilines is 1. The van der Waals surface area contributed by atoms with Crippen molar-refractivity contribution >= 4 is 56.0 Å². The van der Waals surface area contributed by atoms with Gasteiger partial charge in [-0.2, -0.15) is 8.75 Å². The Morgan fingerprint density at radius 2 is 1.91 bits per heavy atom. The van der Waals surface area contributed by atoms with E-state index in [9.17, 15) is 18.3 Å². The highest BCUT2D eigenvalue weighted by Gasteiger charge is 2.23. The summed E-state index contributed by atoms with van der Waals surface area (Å²) in [4.78, 5) is 11.2. The van der Waals surface area contributed by atoms with Crippen LogP contribution in [0.1, 0.15) is 10.4 Å². The standard InChI is InChI=1S/C13H8ClN3O4S2/c14-8-4-1-3-7(13(18)19)11(8)17-23(20,21)10-6-2-5-9-12(10)16-22-15-9/h1-6,17H,(H,18,19). The largest absolute Gasteiger partial charge is 0.478 e. The zero-order chi connectivity index (χ0) is 16.6. The number of rotatable bonds is 4. The fraction of sp³-hybridized carbons (Fsp3) is 0. The van der Waals surface area contributed by atoms with Gasteiger partial charge >= 0.3 is 5.97 Å². The van der Waals surface area contributed by atoms with Gasteiger partial charge < -0.3 is 5.11 Å². The molecule has 10 heteroatoms. The summed E-state index contributed by atoms with van der Waals surface area (Å²) in [6.45, 7) is 0. The smallest absolute Gasteiger partial charge is 0.337 e. The Morgan fingerprint density at radius 1 is 1.17 bits per heavy atom. The molecule has 23 heavy (non-hydrogen) atoms. The summed E-state index contributed by atoms with van der Waals surface area (Å²) in [7, 11) is -4.08. The number of aromatic nitrogens is 2. The number of hydrogen-bond acceptors (Lipinski definition) is 6. The summed E-state index contributed by atoms with van der Waals surface area (Å²) >= 11 is 6.84. The van der Waals surface area contributed by atoms with Crippen molar-refractivity contribution in [2.45, 2.75) is 4.90 Å². The molecule has 0 spiro atoms. The zero-order valence-corrected chi connectivity index (χ0v) is 13.6. The van der Waals surface area contributed by atoms with Crippen molar-refractivity contribution in [2.75, 3.05) is 4.72 Å². The van der Waals surface area contributed by atoms with Crippen molar-refractivity contribution in [1.29, 1.82) is 0 Å². The number of nitrogens with zero attached hydrogens (tertiary/aromatic N) is 2. The number of nitrogens with one attached hydrogen (secondary N) is 1. The summed E-state index contributed by atoms with van der Waals surface area (Å²) in [5.74, 6) is -1.29. The van der Waals surface area contributed by atoms with Crippen LogP contribution in [0.4, 0.5) is 5.69 Å². The minimum atomic E-state index is -4.08. The van der Waals surface area contributed by atoms with Gasteiger partial charge in [-0.25, -0.2) is 13.2 Å². The molecular formula is C13H8ClN3O4S2. The highest BCUT2D eigenvalue weighted by atomic mass is 35.5. The van der Waals surface area contributed by atoms with E-state index >= 15 is 0 Å². The molecule has 2 aromatic carbocycles. The predicted molar refractivity (Wildman–Crippen MR) is 86.6 cm³/mol. The predicted octanol–water partition coefficient (Wildman–Crippen LogP) is 2.84. The fourth-order valence-corrected chi connectivity index (χ4v) is 4.14. The maximum atomic E-state index is 12.6. The number of para-hydroxylation sites is 1. The van der Waals surface area contributed by atoms with Crippen molar-refractivity contribution in [1.82, 2.24) is 8.75 Å². The Labute approximate surface area is 139 Å². The molecule has 1 heterocycles. The number of carboxylic acids is 1. The first-order chi connectivity index (χ1) is 10.9. The molecule has 3 rings (SSSR count). The van der Waals surface area contributed by atoms with Gasteiger partial charge in [0.2, 0.25) is 0 Å². The summed E-state index contributed by atoms with van der Waals surface area (Å²) in [5.41, 5.74) is 0.218. The molecule has 0 bridgehead atoms. The lowest BCUT2D eigenvalue weighted by Crippen LogP contribution is -2.16. The van der Waals surface area contributed by atoms with E-state index in [1.165, 1.54) is 30.3 Å². The lowest BCUT2D eigenvalue weighted by molar-refractivity contribution is 0.0698. The Morgan fingerprint density at radius 3 is 2.65 bits per heavy atom. The first-order valence-corrected chi connectivity index (χ1v) is 8.75. The Balaban J connectivity index is 2.13. The molecule has 0 aliphatic carbocycles. The quantitative estimate of drug-likeness (QED) is 0.731. The second-order valence-electron chi connectivity index (χ2n) is 4.46. The molecule has 0 amide bonds. The van der Waals surface area contributed by atoms with Crippen molar-refractivity contribution < 1.29 is 18.3 Å². The average molecular weight is 370 g/mol. The molecule has 7 nitrogen and oxygen atoms in total.